The molecule has 1 saturated heterocycles. The van der Waals surface area contributed by atoms with Crippen LogP contribution in [0.25, 0.3) is 0 Å². The summed E-state index contributed by atoms with van der Waals surface area (Å²) in [6.45, 7) is 5.72. The SMILES string of the molecule is CCCCCCOC(=O)NC1S[C@@H]2CC(=O)N2C(C(=O)OCC=C(C)C)=C1COC(N)=O. The Bertz CT molecular complexity index is 792. The van der Waals surface area contributed by atoms with E-state index in [-0.39, 0.29) is 48.8 Å². The number of allylic oxidation sites excluding steroid dienone is 1. The predicted molar refractivity (Wildman–Crippen MR) is 118 cm³/mol. The summed E-state index contributed by atoms with van der Waals surface area (Å²) in [5.41, 5.74) is 6.22. The van der Waals surface area contributed by atoms with E-state index in [2.05, 4.69) is 12.2 Å². The lowest BCUT2D eigenvalue weighted by molar-refractivity contribution is -0.148. The van der Waals surface area contributed by atoms with Crippen LogP contribution in [0.1, 0.15) is 52.9 Å². The summed E-state index contributed by atoms with van der Waals surface area (Å²) >= 11 is 1.25. The number of ether oxygens (including phenoxy) is 3. The molecule has 0 bridgehead atoms. The fourth-order valence-electron chi connectivity index (χ4n) is 3.12. The van der Waals surface area contributed by atoms with Crippen LogP contribution in [-0.4, -0.2) is 59.5 Å². The first-order chi connectivity index (χ1) is 15.2. The lowest BCUT2D eigenvalue weighted by Gasteiger charge is -2.46. The number of carbonyl (C=O) groups is 4. The number of nitrogens with two attached hydrogens (primary N) is 1. The molecule has 0 radical (unpaired) electrons. The Balaban J connectivity index is 2.20. The molecular formula is C21H31N3O7S. The van der Waals surface area contributed by atoms with Gasteiger partial charge in [-0.2, -0.15) is 0 Å². The number of hydrogen-bond acceptors (Lipinski definition) is 8. The van der Waals surface area contributed by atoms with Crippen molar-refractivity contribution in [3.63, 3.8) is 0 Å². The molecule has 0 spiro atoms. The third-order valence-electron chi connectivity index (χ3n) is 4.81. The number of nitrogens with zero attached hydrogens (tertiary/aromatic N) is 1. The molecule has 2 rings (SSSR count). The summed E-state index contributed by atoms with van der Waals surface area (Å²) in [5, 5.41) is 1.60. The molecule has 32 heavy (non-hydrogen) atoms. The van der Waals surface area contributed by atoms with Gasteiger partial charge in [-0.1, -0.05) is 31.8 Å². The fraction of sp³-hybridized carbons (Fsp3) is 0.619. The van der Waals surface area contributed by atoms with Gasteiger partial charge in [0.15, 0.2) is 0 Å². The first kappa shape index (κ1) is 25.6. The number of hydrogen-bond donors (Lipinski definition) is 2. The van der Waals surface area contributed by atoms with E-state index in [0.29, 0.717) is 0 Å². The molecule has 0 aromatic rings. The minimum Gasteiger partial charge on any atom is -0.457 e. The van der Waals surface area contributed by atoms with Gasteiger partial charge in [-0.3, -0.25) is 9.69 Å². The van der Waals surface area contributed by atoms with Crippen LogP contribution in [-0.2, 0) is 23.8 Å². The van der Waals surface area contributed by atoms with Crippen molar-refractivity contribution in [1.29, 1.82) is 0 Å². The topological polar surface area (TPSA) is 137 Å². The van der Waals surface area contributed by atoms with Crippen LogP contribution in [0.2, 0.25) is 0 Å². The van der Waals surface area contributed by atoms with Gasteiger partial charge in [-0.15, -0.1) is 11.8 Å². The van der Waals surface area contributed by atoms with Crippen molar-refractivity contribution in [1.82, 2.24) is 10.2 Å². The van der Waals surface area contributed by atoms with Gasteiger partial charge in [-0.05, 0) is 26.3 Å². The number of esters is 1. The predicted octanol–water partition coefficient (Wildman–Crippen LogP) is 2.78. The molecule has 0 saturated carbocycles. The summed E-state index contributed by atoms with van der Waals surface area (Å²) in [6, 6.07) is 0. The Morgan fingerprint density at radius 2 is 1.94 bits per heavy atom. The van der Waals surface area contributed by atoms with Crippen LogP contribution in [0.3, 0.4) is 0 Å². The van der Waals surface area contributed by atoms with Gasteiger partial charge in [0.25, 0.3) is 0 Å². The zero-order valence-corrected chi connectivity index (χ0v) is 19.5. The van der Waals surface area contributed by atoms with E-state index in [1.54, 1.807) is 6.08 Å². The highest BCUT2D eigenvalue weighted by atomic mass is 32.2. The number of nitrogens with one attached hydrogen (secondary N) is 1. The van der Waals surface area contributed by atoms with E-state index in [0.717, 1.165) is 31.3 Å². The van der Waals surface area contributed by atoms with Crippen LogP contribution in [0.4, 0.5) is 9.59 Å². The lowest BCUT2D eigenvalue weighted by Crippen LogP contribution is -2.58. The average molecular weight is 470 g/mol. The molecule has 2 atom stereocenters. The first-order valence-corrected chi connectivity index (χ1v) is 11.5. The van der Waals surface area contributed by atoms with Crippen LogP contribution < -0.4 is 11.1 Å². The quantitative estimate of drug-likeness (QED) is 0.155. The van der Waals surface area contributed by atoms with Gasteiger partial charge in [0.05, 0.1) is 18.4 Å². The van der Waals surface area contributed by atoms with Gasteiger partial charge in [0.1, 0.15) is 24.3 Å². The van der Waals surface area contributed by atoms with Crippen molar-refractivity contribution in [2.45, 2.75) is 63.6 Å². The zero-order valence-electron chi connectivity index (χ0n) is 18.7. The van der Waals surface area contributed by atoms with E-state index in [4.69, 9.17) is 19.9 Å². The van der Waals surface area contributed by atoms with Gasteiger partial charge >= 0.3 is 18.2 Å². The standard InChI is InChI=1S/C21H31N3O7S/c1-4-5-6-7-9-30-21(28)23-18-14(12-31-20(22)27)17(19(26)29-10-8-13(2)3)24-15(25)11-16(24)32-18/h8,16,18H,4-7,9-12H2,1-3H3,(H2,22,27)(H,23,28)/t16-,18?/m1/s1. The van der Waals surface area contributed by atoms with E-state index in [1.165, 1.54) is 16.7 Å². The molecule has 3 N–H and O–H groups in total. The Hall–Kier alpha value is -2.69. The van der Waals surface area contributed by atoms with Gasteiger partial charge in [0, 0.05) is 5.57 Å². The van der Waals surface area contributed by atoms with Crippen molar-refractivity contribution in [2.75, 3.05) is 19.8 Å². The smallest absolute Gasteiger partial charge is 0.408 e. The van der Waals surface area contributed by atoms with Crippen molar-refractivity contribution in [3.05, 3.63) is 22.9 Å². The van der Waals surface area contributed by atoms with Gasteiger partial charge in [-0.25, -0.2) is 14.4 Å². The summed E-state index contributed by atoms with van der Waals surface area (Å²) in [7, 11) is 0. The number of unbranched alkanes of at least 4 members (excludes halogenated alkanes) is 3. The Morgan fingerprint density at radius 3 is 2.56 bits per heavy atom. The molecule has 2 heterocycles. The Morgan fingerprint density at radius 1 is 1.19 bits per heavy atom. The van der Waals surface area contributed by atoms with Crippen molar-refractivity contribution >= 4 is 35.8 Å². The van der Waals surface area contributed by atoms with Crippen LogP contribution in [0.5, 0.6) is 0 Å². The number of rotatable bonds is 11. The number of amides is 3. The van der Waals surface area contributed by atoms with E-state index >= 15 is 0 Å². The fourth-order valence-corrected chi connectivity index (χ4v) is 4.53. The molecule has 10 nitrogen and oxygen atoms in total. The molecule has 1 unspecified atom stereocenters. The first-order valence-electron chi connectivity index (χ1n) is 10.6. The minimum atomic E-state index is -1.05. The van der Waals surface area contributed by atoms with E-state index < -0.39 is 23.5 Å². The number of thioether (sulfide) groups is 1. The highest BCUT2D eigenvalue weighted by Gasteiger charge is 2.49. The van der Waals surface area contributed by atoms with E-state index in [1.807, 2.05) is 13.8 Å². The van der Waals surface area contributed by atoms with E-state index in [9.17, 15) is 19.2 Å². The molecule has 1 fully saturated rings. The van der Waals surface area contributed by atoms with Gasteiger partial charge < -0.3 is 25.3 Å². The summed E-state index contributed by atoms with van der Waals surface area (Å²) in [4.78, 5) is 49.9. The van der Waals surface area contributed by atoms with Crippen LogP contribution >= 0.6 is 11.8 Å². The van der Waals surface area contributed by atoms with Crippen LogP contribution in [0.15, 0.2) is 22.9 Å². The second-order valence-electron chi connectivity index (χ2n) is 7.64. The van der Waals surface area contributed by atoms with Crippen LogP contribution in [0, 0.1) is 0 Å². The molecule has 0 aromatic carbocycles. The molecular weight excluding hydrogens is 438 g/mol. The average Bonchev–Trinajstić information content (AvgIpc) is 2.71. The normalized spacial score (nSPS) is 19.5. The number of alkyl carbamates (subject to hydrolysis) is 1. The highest BCUT2D eigenvalue weighted by molar-refractivity contribution is 8.00. The Labute approximate surface area is 191 Å². The van der Waals surface area contributed by atoms with Crippen molar-refractivity contribution in [2.24, 2.45) is 5.73 Å². The monoisotopic (exact) mass is 469 g/mol. The molecule has 2 aliphatic rings. The molecule has 11 heteroatoms. The number of primary amides is 1. The molecule has 0 aromatic heterocycles. The maximum atomic E-state index is 12.8. The third-order valence-corrected chi connectivity index (χ3v) is 6.18. The molecule has 0 aliphatic carbocycles. The molecule has 3 amide bonds. The largest absolute Gasteiger partial charge is 0.457 e. The number of β-lactam (4-membered cyclic amide) rings is 1. The third kappa shape index (κ3) is 7.18. The van der Waals surface area contributed by atoms with Gasteiger partial charge in [0.2, 0.25) is 5.91 Å². The molecule has 178 valence electrons. The van der Waals surface area contributed by atoms with Crippen molar-refractivity contribution in [3.8, 4) is 0 Å². The van der Waals surface area contributed by atoms with Crippen molar-refractivity contribution < 1.29 is 33.4 Å². The lowest BCUT2D eigenvalue weighted by atomic mass is 10.1. The maximum absolute atomic E-state index is 12.8. The zero-order chi connectivity index (χ0) is 23.7. The summed E-state index contributed by atoms with van der Waals surface area (Å²) in [6.07, 6.45) is 4.06. The minimum absolute atomic E-state index is 0.0202. The highest BCUT2D eigenvalue weighted by Crippen LogP contribution is 2.43. The number of carbonyl (C=O) groups excluding carboxylic acids is 4. The molecule has 2 aliphatic heterocycles. The number of fused-ring (bicyclic) bond motifs is 1. The summed E-state index contributed by atoms with van der Waals surface area (Å²) < 4.78 is 15.4. The second kappa shape index (κ2) is 12.4. The summed E-state index contributed by atoms with van der Waals surface area (Å²) in [5.74, 6) is -1.01. The Kier molecular flexibility index (Phi) is 9.89. The maximum Gasteiger partial charge on any atom is 0.408 e. The second-order valence-corrected chi connectivity index (χ2v) is 8.93.